The first-order valence-electron chi connectivity index (χ1n) is 8.64. The highest BCUT2D eigenvalue weighted by Gasteiger charge is 2.13. The number of imidazole rings is 1. The first kappa shape index (κ1) is 16.0. The SMILES string of the molecule is Cc1cc(C=c2sc3nc4ccccc4n3c2=O)c(C)n1-c1ccncc1. The molecule has 5 nitrogen and oxygen atoms in total. The van der Waals surface area contributed by atoms with Crippen LogP contribution in [-0.2, 0) is 0 Å². The summed E-state index contributed by atoms with van der Waals surface area (Å²) in [5.74, 6) is 0. The molecule has 0 amide bonds. The molecule has 27 heavy (non-hydrogen) atoms. The number of pyridine rings is 1. The summed E-state index contributed by atoms with van der Waals surface area (Å²) in [7, 11) is 0. The van der Waals surface area contributed by atoms with E-state index >= 15 is 0 Å². The van der Waals surface area contributed by atoms with E-state index in [0.29, 0.717) is 4.53 Å². The van der Waals surface area contributed by atoms with Gasteiger partial charge in [0.1, 0.15) is 0 Å². The molecule has 0 spiro atoms. The highest BCUT2D eigenvalue weighted by molar-refractivity contribution is 7.15. The molecule has 5 aromatic rings. The number of hydrogen-bond donors (Lipinski definition) is 0. The molecule has 6 heteroatoms. The van der Waals surface area contributed by atoms with Crippen LogP contribution in [-0.4, -0.2) is 18.9 Å². The van der Waals surface area contributed by atoms with Gasteiger partial charge in [0.05, 0.1) is 15.6 Å². The van der Waals surface area contributed by atoms with Crippen LogP contribution in [0.25, 0.3) is 27.8 Å². The van der Waals surface area contributed by atoms with Gasteiger partial charge < -0.3 is 4.57 Å². The maximum Gasteiger partial charge on any atom is 0.274 e. The van der Waals surface area contributed by atoms with Crippen LogP contribution < -0.4 is 10.1 Å². The van der Waals surface area contributed by atoms with Crippen LogP contribution in [0.15, 0.2) is 59.7 Å². The summed E-state index contributed by atoms with van der Waals surface area (Å²) in [4.78, 5) is 22.4. The van der Waals surface area contributed by atoms with E-state index < -0.39 is 0 Å². The Bertz CT molecular complexity index is 1410. The summed E-state index contributed by atoms with van der Waals surface area (Å²) in [6, 6.07) is 13.8. The maximum atomic E-state index is 13.0. The third kappa shape index (κ3) is 2.41. The van der Waals surface area contributed by atoms with E-state index in [9.17, 15) is 4.79 Å². The van der Waals surface area contributed by atoms with E-state index in [1.807, 2.05) is 42.5 Å². The molecule has 0 aliphatic carbocycles. The zero-order chi connectivity index (χ0) is 18.5. The van der Waals surface area contributed by atoms with Gasteiger partial charge in [-0.25, -0.2) is 9.38 Å². The Morgan fingerprint density at radius 3 is 2.67 bits per heavy atom. The quantitative estimate of drug-likeness (QED) is 0.478. The predicted octanol–water partition coefficient (Wildman–Crippen LogP) is 3.26. The minimum atomic E-state index is -0.0163. The first-order valence-corrected chi connectivity index (χ1v) is 9.46. The molecule has 0 N–H and O–H groups in total. The van der Waals surface area contributed by atoms with E-state index in [1.54, 1.807) is 16.8 Å². The van der Waals surface area contributed by atoms with Crippen molar-refractivity contribution < 1.29 is 0 Å². The van der Waals surface area contributed by atoms with Crippen molar-refractivity contribution in [1.29, 1.82) is 0 Å². The summed E-state index contributed by atoms with van der Waals surface area (Å²) in [6.45, 7) is 4.13. The lowest BCUT2D eigenvalue weighted by atomic mass is 10.2. The number of aromatic nitrogens is 4. The van der Waals surface area contributed by atoms with Crippen molar-refractivity contribution in [3.63, 3.8) is 0 Å². The number of hydrogen-bond acceptors (Lipinski definition) is 4. The minimum absolute atomic E-state index is 0.0163. The standard InChI is InChI=1S/C21H16N4OS/c1-13-11-15(14(2)24(13)16-7-9-22-10-8-16)12-19-20(26)25-18-6-4-3-5-17(18)23-21(25)27-19/h3-12H,1-2H3. The Morgan fingerprint density at radius 2 is 1.85 bits per heavy atom. The molecule has 0 bridgehead atoms. The summed E-state index contributed by atoms with van der Waals surface area (Å²) >= 11 is 1.43. The fourth-order valence-electron chi connectivity index (χ4n) is 3.58. The van der Waals surface area contributed by atoms with Gasteiger partial charge in [-0.3, -0.25) is 9.78 Å². The molecule has 4 heterocycles. The van der Waals surface area contributed by atoms with E-state index in [2.05, 4.69) is 34.4 Å². The number of aryl methyl sites for hydroxylation is 1. The molecule has 0 saturated carbocycles. The average molecular weight is 372 g/mol. The van der Waals surface area contributed by atoms with Crippen molar-refractivity contribution >= 4 is 33.4 Å². The lowest BCUT2D eigenvalue weighted by molar-refractivity contribution is 0.960. The summed E-state index contributed by atoms with van der Waals surface area (Å²) in [5.41, 5.74) is 6.00. The molecular formula is C21H16N4OS. The van der Waals surface area contributed by atoms with E-state index in [-0.39, 0.29) is 5.56 Å². The van der Waals surface area contributed by atoms with Crippen molar-refractivity contribution in [2.24, 2.45) is 0 Å². The van der Waals surface area contributed by atoms with Crippen LogP contribution in [0.3, 0.4) is 0 Å². The van der Waals surface area contributed by atoms with Crippen molar-refractivity contribution in [3.8, 4) is 5.69 Å². The van der Waals surface area contributed by atoms with E-state index in [1.165, 1.54) is 11.3 Å². The van der Waals surface area contributed by atoms with Gasteiger partial charge in [0, 0.05) is 29.5 Å². The second kappa shape index (κ2) is 5.89. The van der Waals surface area contributed by atoms with Gasteiger partial charge in [-0.2, -0.15) is 0 Å². The van der Waals surface area contributed by atoms with Crippen molar-refractivity contribution in [2.45, 2.75) is 13.8 Å². The van der Waals surface area contributed by atoms with Crippen LogP contribution in [0.2, 0.25) is 0 Å². The predicted molar refractivity (Wildman–Crippen MR) is 109 cm³/mol. The average Bonchev–Trinajstić information content (AvgIpc) is 3.28. The summed E-state index contributed by atoms with van der Waals surface area (Å²) in [6.07, 6.45) is 5.54. The maximum absolute atomic E-state index is 13.0. The third-order valence-corrected chi connectivity index (χ3v) is 5.79. The third-order valence-electron chi connectivity index (χ3n) is 4.82. The first-order chi connectivity index (χ1) is 13.1. The fourth-order valence-corrected chi connectivity index (χ4v) is 4.56. The zero-order valence-corrected chi connectivity index (χ0v) is 15.7. The van der Waals surface area contributed by atoms with Crippen LogP contribution in [0.1, 0.15) is 17.0 Å². The Balaban J connectivity index is 1.72. The number of para-hydroxylation sites is 2. The Morgan fingerprint density at radius 1 is 1.07 bits per heavy atom. The second-order valence-electron chi connectivity index (χ2n) is 6.50. The van der Waals surface area contributed by atoms with Crippen LogP contribution >= 0.6 is 11.3 Å². The lowest BCUT2D eigenvalue weighted by Gasteiger charge is -2.08. The molecule has 0 atom stereocenters. The topological polar surface area (TPSA) is 52.2 Å². The number of benzene rings is 1. The van der Waals surface area contributed by atoms with Gasteiger partial charge in [-0.1, -0.05) is 23.5 Å². The zero-order valence-electron chi connectivity index (χ0n) is 14.9. The molecule has 0 radical (unpaired) electrons. The molecule has 0 aliphatic heterocycles. The number of rotatable bonds is 2. The summed E-state index contributed by atoms with van der Waals surface area (Å²) in [5, 5.41) is 0. The Kier molecular flexibility index (Phi) is 3.48. The molecule has 0 fully saturated rings. The van der Waals surface area contributed by atoms with Gasteiger partial charge in [0.2, 0.25) is 0 Å². The lowest BCUT2D eigenvalue weighted by Crippen LogP contribution is -2.22. The van der Waals surface area contributed by atoms with Gasteiger partial charge in [0.15, 0.2) is 4.96 Å². The van der Waals surface area contributed by atoms with Crippen LogP contribution in [0, 0.1) is 13.8 Å². The highest BCUT2D eigenvalue weighted by atomic mass is 32.1. The molecule has 0 aliphatic rings. The fraction of sp³-hybridized carbons (Fsp3) is 0.0952. The minimum Gasteiger partial charge on any atom is -0.318 e. The van der Waals surface area contributed by atoms with E-state index in [4.69, 9.17) is 0 Å². The van der Waals surface area contributed by atoms with Gasteiger partial charge in [0.25, 0.3) is 5.56 Å². The molecule has 0 unspecified atom stereocenters. The second-order valence-corrected chi connectivity index (χ2v) is 7.51. The Hall–Kier alpha value is -3.25. The van der Waals surface area contributed by atoms with E-state index in [0.717, 1.165) is 38.6 Å². The van der Waals surface area contributed by atoms with Crippen molar-refractivity contribution in [3.05, 3.63) is 86.7 Å². The Labute approximate surface area is 158 Å². The number of fused-ring (bicyclic) bond motifs is 3. The normalized spacial score (nSPS) is 12.4. The molecule has 4 aromatic heterocycles. The van der Waals surface area contributed by atoms with Crippen LogP contribution in [0.5, 0.6) is 0 Å². The van der Waals surface area contributed by atoms with Gasteiger partial charge in [-0.15, -0.1) is 0 Å². The number of nitrogens with zero attached hydrogens (tertiary/aromatic N) is 4. The van der Waals surface area contributed by atoms with Crippen LogP contribution in [0.4, 0.5) is 0 Å². The molecular weight excluding hydrogens is 356 g/mol. The highest BCUT2D eigenvalue weighted by Crippen LogP contribution is 2.21. The van der Waals surface area contributed by atoms with Crippen molar-refractivity contribution in [1.82, 2.24) is 18.9 Å². The summed E-state index contributed by atoms with van der Waals surface area (Å²) < 4.78 is 4.57. The van der Waals surface area contributed by atoms with Crippen molar-refractivity contribution in [2.75, 3.05) is 0 Å². The smallest absolute Gasteiger partial charge is 0.274 e. The largest absolute Gasteiger partial charge is 0.318 e. The molecule has 0 saturated heterocycles. The number of thiazole rings is 1. The molecule has 132 valence electrons. The van der Waals surface area contributed by atoms with Gasteiger partial charge in [-0.05, 0) is 55.8 Å². The van der Waals surface area contributed by atoms with Gasteiger partial charge >= 0.3 is 0 Å². The monoisotopic (exact) mass is 372 g/mol. The molecule has 5 rings (SSSR count). The molecule has 1 aromatic carbocycles.